The van der Waals surface area contributed by atoms with Crippen LogP contribution in [0, 0.1) is 5.82 Å². The van der Waals surface area contributed by atoms with Gasteiger partial charge < -0.3 is 10.2 Å². The summed E-state index contributed by atoms with van der Waals surface area (Å²) < 4.78 is 40.5. The van der Waals surface area contributed by atoms with Gasteiger partial charge in [-0.05, 0) is 60.7 Å². The van der Waals surface area contributed by atoms with Crippen LogP contribution in [0.4, 0.5) is 15.8 Å². The summed E-state index contributed by atoms with van der Waals surface area (Å²) in [6.07, 6.45) is 0. The molecule has 0 radical (unpaired) electrons. The molecule has 0 heterocycles. The third-order valence-electron chi connectivity index (χ3n) is 4.37. The maximum absolute atomic E-state index is 13.3. The summed E-state index contributed by atoms with van der Waals surface area (Å²) >= 11 is 5.65. The van der Waals surface area contributed by atoms with Crippen LogP contribution in [0.25, 0.3) is 0 Å². The van der Waals surface area contributed by atoms with Crippen molar-refractivity contribution in [3.05, 3.63) is 88.7 Å². The van der Waals surface area contributed by atoms with E-state index in [0.29, 0.717) is 11.3 Å². The Bertz CT molecular complexity index is 1280. The van der Waals surface area contributed by atoms with E-state index in [-0.39, 0.29) is 27.1 Å². The van der Waals surface area contributed by atoms with Gasteiger partial charge >= 0.3 is 0 Å². The smallest absolute Gasteiger partial charge is 0.261 e. The molecule has 0 bridgehead atoms. The Morgan fingerprint density at radius 1 is 0.906 bits per heavy atom. The number of benzene rings is 3. The number of hydrogen-bond acceptors (Lipinski definition) is 4. The molecule has 3 aromatic carbocycles. The molecule has 166 valence electrons. The second-order valence-corrected chi connectivity index (χ2v) is 9.08. The number of carbonyl (C=O) groups is 2. The molecule has 0 aliphatic carbocycles. The monoisotopic (exact) mass is 475 g/mol. The number of halogens is 2. The topological polar surface area (TPSA) is 95.6 Å². The first-order valence-electron chi connectivity index (χ1n) is 9.28. The molecule has 0 fully saturated rings. The summed E-state index contributed by atoms with van der Waals surface area (Å²) in [4.78, 5) is 25.8. The van der Waals surface area contributed by atoms with Crippen molar-refractivity contribution in [1.29, 1.82) is 0 Å². The van der Waals surface area contributed by atoms with Gasteiger partial charge in [-0.3, -0.25) is 14.3 Å². The number of nitrogens with zero attached hydrogens (tertiary/aromatic N) is 1. The molecule has 2 amide bonds. The fourth-order valence-electron chi connectivity index (χ4n) is 2.74. The van der Waals surface area contributed by atoms with Crippen molar-refractivity contribution in [2.75, 3.05) is 24.1 Å². The summed E-state index contributed by atoms with van der Waals surface area (Å²) in [5.41, 5.74) is 1.36. The van der Waals surface area contributed by atoms with E-state index in [1.165, 1.54) is 29.2 Å². The van der Waals surface area contributed by atoms with Crippen LogP contribution in [0.2, 0.25) is 5.02 Å². The van der Waals surface area contributed by atoms with E-state index in [2.05, 4.69) is 10.0 Å². The fraction of sp³-hybridized carbons (Fsp3) is 0.0909. The van der Waals surface area contributed by atoms with Crippen LogP contribution in [-0.2, 0) is 10.0 Å². The second-order valence-electron chi connectivity index (χ2n) is 6.99. The zero-order valence-corrected chi connectivity index (χ0v) is 18.7. The van der Waals surface area contributed by atoms with Crippen LogP contribution in [0.5, 0.6) is 0 Å². The number of hydrogen-bond donors (Lipinski definition) is 2. The predicted octanol–water partition coefficient (Wildman–Crippen LogP) is 4.23. The number of sulfonamides is 1. The number of rotatable bonds is 6. The summed E-state index contributed by atoms with van der Waals surface area (Å²) in [6.45, 7) is 0. The van der Waals surface area contributed by atoms with E-state index in [1.807, 2.05) is 0 Å². The Balaban J connectivity index is 1.71. The number of amides is 2. The Kier molecular flexibility index (Phi) is 6.81. The van der Waals surface area contributed by atoms with Crippen LogP contribution >= 0.6 is 11.6 Å². The van der Waals surface area contributed by atoms with Crippen molar-refractivity contribution in [2.45, 2.75) is 4.90 Å². The van der Waals surface area contributed by atoms with E-state index in [1.54, 1.807) is 38.4 Å². The zero-order chi connectivity index (χ0) is 23.5. The average molecular weight is 476 g/mol. The summed E-state index contributed by atoms with van der Waals surface area (Å²) in [7, 11) is -0.726. The lowest BCUT2D eigenvalue weighted by Crippen LogP contribution is -2.22. The number of anilines is 2. The highest BCUT2D eigenvalue weighted by molar-refractivity contribution is 7.92. The molecule has 0 saturated carbocycles. The predicted molar refractivity (Wildman–Crippen MR) is 121 cm³/mol. The first kappa shape index (κ1) is 23.2. The number of nitrogens with one attached hydrogen (secondary N) is 2. The minimum atomic E-state index is -3.99. The maximum Gasteiger partial charge on any atom is 0.261 e. The highest BCUT2D eigenvalue weighted by atomic mass is 35.5. The highest BCUT2D eigenvalue weighted by Gasteiger charge is 2.17. The van der Waals surface area contributed by atoms with Crippen molar-refractivity contribution >= 4 is 44.8 Å². The van der Waals surface area contributed by atoms with Gasteiger partial charge in [-0.25, -0.2) is 12.8 Å². The van der Waals surface area contributed by atoms with Crippen LogP contribution in [0.15, 0.2) is 71.6 Å². The maximum atomic E-state index is 13.3. The highest BCUT2D eigenvalue weighted by Crippen LogP contribution is 2.22. The van der Waals surface area contributed by atoms with Gasteiger partial charge in [-0.2, -0.15) is 0 Å². The lowest BCUT2D eigenvalue weighted by molar-refractivity contribution is 0.0827. The van der Waals surface area contributed by atoms with Crippen LogP contribution in [0.1, 0.15) is 20.7 Å². The van der Waals surface area contributed by atoms with Crippen LogP contribution in [-0.4, -0.2) is 39.2 Å². The minimum absolute atomic E-state index is 0.194. The summed E-state index contributed by atoms with van der Waals surface area (Å²) in [6, 6.07) is 15.3. The molecule has 0 aliphatic heterocycles. The average Bonchev–Trinajstić information content (AvgIpc) is 2.75. The van der Waals surface area contributed by atoms with Crippen LogP contribution < -0.4 is 10.0 Å². The van der Waals surface area contributed by atoms with E-state index in [4.69, 9.17) is 11.6 Å². The van der Waals surface area contributed by atoms with Gasteiger partial charge in [0.05, 0.1) is 9.92 Å². The summed E-state index contributed by atoms with van der Waals surface area (Å²) in [5.74, 6) is -1.35. The quantitative estimate of drug-likeness (QED) is 0.557. The molecule has 3 aromatic rings. The van der Waals surface area contributed by atoms with Crippen molar-refractivity contribution in [3.63, 3.8) is 0 Å². The largest absolute Gasteiger partial charge is 0.345 e. The number of carbonyl (C=O) groups excluding carboxylic acids is 2. The normalized spacial score (nSPS) is 11.0. The van der Waals surface area contributed by atoms with Gasteiger partial charge in [-0.15, -0.1) is 0 Å². The summed E-state index contributed by atoms with van der Waals surface area (Å²) in [5, 5.41) is 2.39. The fourth-order valence-corrected chi connectivity index (χ4v) is 4.07. The first-order chi connectivity index (χ1) is 15.1. The van der Waals surface area contributed by atoms with E-state index < -0.39 is 21.7 Å². The molecule has 0 saturated heterocycles. The van der Waals surface area contributed by atoms with Gasteiger partial charge in [-0.1, -0.05) is 17.7 Å². The molecule has 0 spiro atoms. The van der Waals surface area contributed by atoms with Gasteiger partial charge in [0.25, 0.3) is 21.8 Å². The minimum Gasteiger partial charge on any atom is -0.345 e. The van der Waals surface area contributed by atoms with Crippen molar-refractivity contribution in [1.82, 2.24) is 4.90 Å². The standard InChI is InChI=1S/C22H19ClFN3O4S/c1-27(2)22(29)15-4-3-5-17(12-15)25-21(28)14-6-8-16(9-7-14)26-32(30,31)18-10-11-20(24)19(23)13-18/h3-13,26H,1-2H3,(H,25,28). The Morgan fingerprint density at radius 3 is 2.22 bits per heavy atom. The SMILES string of the molecule is CN(C)C(=O)c1cccc(NC(=O)c2ccc(NS(=O)(=O)c3ccc(F)c(Cl)c3)cc2)c1. The molecule has 3 rings (SSSR count). The lowest BCUT2D eigenvalue weighted by atomic mass is 10.1. The molecule has 10 heteroatoms. The Morgan fingerprint density at radius 2 is 1.59 bits per heavy atom. The Labute approximate surface area is 189 Å². The molecular weight excluding hydrogens is 457 g/mol. The van der Waals surface area contributed by atoms with Gasteiger partial charge in [0.15, 0.2) is 0 Å². The molecule has 0 aliphatic rings. The molecule has 0 unspecified atom stereocenters. The first-order valence-corrected chi connectivity index (χ1v) is 11.1. The van der Waals surface area contributed by atoms with Gasteiger partial charge in [0, 0.05) is 36.6 Å². The molecule has 0 aromatic heterocycles. The molecular formula is C22H19ClFN3O4S. The lowest BCUT2D eigenvalue weighted by Gasteiger charge is -2.12. The van der Waals surface area contributed by atoms with E-state index in [9.17, 15) is 22.4 Å². The van der Waals surface area contributed by atoms with Crippen molar-refractivity contribution < 1.29 is 22.4 Å². The molecule has 0 atom stereocenters. The van der Waals surface area contributed by atoms with Crippen LogP contribution in [0.3, 0.4) is 0 Å². The third-order valence-corrected chi connectivity index (χ3v) is 6.04. The van der Waals surface area contributed by atoms with Crippen molar-refractivity contribution in [2.24, 2.45) is 0 Å². The van der Waals surface area contributed by atoms with E-state index in [0.717, 1.165) is 18.2 Å². The van der Waals surface area contributed by atoms with Gasteiger partial charge in [0.1, 0.15) is 5.82 Å². The van der Waals surface area contributed by atoms with E-state index >= 15 is 0 Å². The third kappa shape index (κ3) is 5.43. The second kappa shape index (κ2) is 9.37. The Hall–Kier alpha value is -3.43. The molecule has 2 N–H and O–H groups in total. The molecule has 7 nitrogen and oxygen atoms in total. The zero-order valence-electron chi connectivity index (χ0n) is 17.1. The molecule has 32 heavy (non-hydrogen) atoms. The van der Waals surface area contributed by atoms with Crippen molar-refractivity contribution in [3.8, 4) is 0 Å². The van der Waals surface area contributed by atoms with Gasteiger partial charge in [0.2, 0.25) is 0 Å².